The molecule has 120 valence electrons. The quantitative estimate of drug-likeness (QED) is 0.496. The summed E-state index contributed by atoms with van der Waals surface area (Å²) in [5.74, 6) is 0.899. The highest BCUT2D eigenvalue weighted by molar-refractivity contribution is 7.16. The minimum atomic E-state index is 0.0985. The van der Waals surface area contributed by atoms with E-state index in [9.17, 15) is 4.79 Å². The molecule has 1 heterocycles. The van der Waals surface area contributed by atoms with Gasteiger partial charge < -0.3 is 4.74 Å². The molecule has 0 bridgehead atoms. The summed E-state index contributed by atoms with van der Waals surface area (Å²) in [7, 11) is 0. The molecule has 0 aliphatic rings. The van der Waals surface area contributed by atoms with Crippen LogP contribution in [-0.4, -0.2) is 11.2 Å². The van der Waals surface area contributed by atoms with Crippen molar-refractivity contribution in [2.45, 2.75) is 13.0 Å². The van der Waals surface area contributed by atoms with Crippen LogP contribution in [0.15, 0.2) is 71.5 Å². The molecular weight excluding hydrogens is 318 g/mol. The van der Waals surface area contributed by atoms with Crippen LogP contribution < -0.4 is 9.61 Å². The third-order valence-electron chi connectivity index (χ3n) is 4.11. The average Bonchev–Trinajstić information content (AvgIpc) is 2.94. The number of benzene rings is 3. The molecule has 0 atom stereocenters. The summed E-state index contributed by atoms with van der Waals surface area (Å²) in [4.78, 5) is 12.2. The van der Waals surface area contributed by atoms with Crippen LogP contribution in [-0.2, 0) is 6.54 Å². The molecule has 1 aromatic heterocycles. The zero-order valence-corrected chi connectivity index (χ0v) is 14.0. The van der Waals surface area contributed by atoms with Gasteiger partial charge in [0.05, 0.1) is 16.8 Å². The standard InChI is InChI=1S/C20H17NO2S/c22-20-21(17-10-3-4-12-19(17)24-20)13-6-14-23-18-11-5-8-15-7-1-2-9-16(15)18/h1-5,7-12H,6,13-14H2. The molecule has 4 heteroatoms. The number of hydrogen-bond acceptors (Lipinski definition) is 3. The van der Waals surface area contributed by atoms with Crippen molar-refractivity contribution in [3.8, 4) is 5.75 Å². The predicted octanol–water partition coefficient (Wildman–Crippen LogP) is 4.69. The molecule has 0 aliphatic carbocycles. The van der Waals surface area contributed by atoms with E-state index in [4.69, 9.17) is 4.74 Å². The van der Waals surface area contributed by atoms with Gasteiger partial charge in [-0.1, -0.05) is 59.9 Å². The van der Waals surface area contributed by atoms with Crippen LogP contribution in [0.2, 0.25) is 0 Å². The van der Waals surface area contributed by atoms with Crippen LogP contribution >= 0.6 is 11.3 Å². The SMILES string of the molecule is O=c1sc2ccccc2n1CCCOc1cccc2ccccc12. The highest BCUT2D eigenvalue weighted by Gasteiger charge is 2.06. The topological polar surface area (TPSA) is 31.2 Å². The number of aryl methyl sites for hydroxylation is 1. The van der Waals surface area contributed by atoms with Crippen LogP contribution in [0.4, 0.5) is 0 Å². The summed E-state index contributed by atoms with van der Waals surface area (Å²) in [6.07, 6.45) is 0.795. The Kier molecular flexibility index (Phi) is 4.05. The first kappa shape index (κ1) is 15.0. The number of para-hydroxylation sites is 1. The minimum Gasteiger partial charge on any atom is -0.493 e. The molecule has 0 aliphatic heterocycles. The second-order valence-corrected chi connectivity index (χ2v) is 6.66. The number of thiazole rings is 1. The predicted molar refractivity (Wildman–Crippen MR) is 100 cm³/mol. The van der Waals surface area contributed by atoms with Gasteiger partial charge in [0.15, 0.2) is 0 Å². The molecule has 0 saturated heterocycles. The number of aromatic nitrogens is 1. The van der Waals surface area contributed by atoms with E-state index in [0.29, 0.717) is 13.2 Å². The molecule has 0 radical (unpaired) electrons. The summed E-state index contributed by atoms with van der Waals surface area (Å²) in [6.45, 7) is 1.26. The monoisotopic (exact) mass is 335 g/mol. The van der Waals surface area contributed by atoms with Crippen molar-refractivity contribution in [1.29, 1.82) is 0 Å². The zero-order chi connectivity index (χ0) is 16.4. The molecular formula is C20H17NO2S. The number of ether oxygens (including phenoxy) is 1. The van der Waals surface area contributed by atoms with Crippen LogP contribution in [0, 0.1) is 0 Å². The van der Waals surface area contributed by atoms with Crippen LogP contribution in [0.3, 0.4) is 0 Å². The Morgan fingerprint density at radius 3 is 2.67 bits per heavy atom. The Labute approximate surface area is 143 Å². The van der Waals surface area contributed by atoms with Crippen LogP contribution in [0.25, 0.3) is 21.0 Å². The maximum absolute atomic E-state index is 12.1. The Morgan fingerprint density at radius 2 is 1.71 bits per heavy atom. The lowest BCUT2D eigenvalue weighted by molar-refractivity contribution is 0.305. The minimum absolute atomic E-state index is 0.0985. The lowest BCUT2D eigenvalue weighted by atomic mass is 10.1. The summed E-state index contributed by atoms with van der Waals surface area (Å²) in [5.41, 5.74) is 1.01. The number of hydrogen-bond donors (Lipinski definition) is 0. The Balaban J connectivity index is 1.46. The van der Waals surface area contributed by atoms with Gasteiger partial charge in [-0.3, -0.25) is 9.36 Å². The van der Waals surface area contributed by atoms with Crippen LogP contribution in [0.1, 0.15) is 6.42 Å². The van der Waals surface area contributed by atoms with E-state index >= 15 is 0 Å². The molecule has 0 saturated carbocycles. The second-order valence-electron chi connectivity index (χ2n) is 5.67. The molecule has 4 aromatic rings. The molecule has 0 N–H and O–H groups in total. The van der Waals surface area contributed by atoms with Gasteiger partial charge in [0.25, 0.3) is 0 Å². The number of rotatable bonds is 5. The van der Waals surface area contributed by atoms with Crippen molar-refractivity contribution < 1.29 is 4.74 Å². The van der Waals surface area contributed by atoms with E-state index in [2.05, 4.69) is 18.2 Å². The third kappa shape index (κ3) is 2.81. The Morgan fingerprint density at radius 1 is 0.917 bits per heavy atom. The maximum atomic E-state index is 12.1. The van der Waals surface area contributed by atoms with Gasteiger partial charge in [0.2, 0.25) is 0 Å². The van der Waals surface area contributed by atoms with Gasteiger partial charge in [-0.05, 0) is 30.0 Å². The van der Waals surface area contributed by atoms with Crippen molar-refractivity contribution in [3.63, 3.8) is 0 Å². The molecule has 24 heavy (non-hydrogen) atoms. The Bertz CT molecular complexity index is 1040. The largest absolute Gasteiger partial charge is 0.493 e. The van der Waals surface area contributed by atoms with E-state index in [0.717, 1.165) is 27.8 Å². The number of nitrogens with zero attached hydrogens (tertiary/aromatic N) is 1. The third-order valence-corrected chi connectivity index (χ3v) is 5.07. The van der Waals surface area contributed by atoms with Crippen molar-refractivity contribution >= 4 is 32.3 Å². The smallest absolute Gasteiger partial charge is 0.308 e. The van der Waals surface area contributed by atoms with E-state index in [1.165, 1.54) is 16.7 Å². The fourth-order valence-corrected chi connectivity index (χ4v) is 3.87. The first-order valence-electron chi connectivity index (χ1n) is 8.02. The molecule has 3 nitrogen and oxygen atoms in total. The van der Waals surface area contributed by atoms with Gasteiger partial charge in [-0.25, -0.2) is 0 Å². The van der Waals surface area contributed by atoms with Crippen LogP contribution in [0.5, 0.6) is 5.75 Å². The average molecular weight is 335 g/mol. The van der Waals surface area contributed by atoms with Crippen molar-refractivity contribution in [2.24, 2.45) is 0 Å². The van der Waals surface area contributed by atoms with E-state index in [1.807, 2.05) is 53.1 Å². The summed E-state index contributed by atoms with van der Waals surface area (Å²) in [6, 6.07) is 22.2. The number of fused-ring (bicyclic) bond motifs is 2. The lowest BCUT2D eigenvalue weighted by Crippen LogP contribution is -2.14. The fourth-order valence-electron chi connectivity index (χ4n) is 2.95. The lowest BCUT2D eigenvalue weighted by Gasteiger charge is -2.09. The molecule has 0 amide bonds. The molecule has 3 aromatic carbocycles. The van der Waals surface area contributed by atoms with Crippen molar-refractivity contribution in [2.75, 3.05) is 6.61 Å². The second kappa shape index (κ2) is 6.49. The molecule has 4 rings (SSSR count). The van der Waals surface area contributed by atoms with Gasteiger partial charge >= 0.3 is 4.87 Å². The zero-order valence-electron chi connectivity index (χ0n) is 13.1. The van der Waals surface area contributed by atoms with Gasteiger partial charge in [0.1, 0.15) is 5.75 Å². The van der Waals surface area contributed by atoms with Gasteiger partial charge in [-0.2, -0.15) is 0 Å². The highest BCUT2D eigenvalue weighted by atomic mass is 32.1. The first-order chi connectivity index (χ1) is 11.8. The normalized spacial score (nSPS) is 11.2. The highest BCUT2D eigenvalue weighted by Crippen LogP contribution is 2.25. The first-order valence-corrected chi connectivity index (χ1v) is 8.83. The summed E-state index contributed by atoms with van der Waals surface area (Å²) in [5, 5.41) is 2.30. The maximum Gasteiger partial charge on any atom is 0.308 e. The summed E-state index contributed by atoms with van der Waals surface area (Å²) >= 11 is 1.30. The van der Waals surface area contributed by atoms with Crippen molar-refractivity contribution in [1.82, 2.24) is 4.57 Å². The van der Waals surface area contributed by atoms with E-state index in [-0.39, 0.29) is 4.87 Å². The van der Waals surface area contributed by atoms with E-state index < -0.39 is 0 Å². The fraction of sp³-hybridized carbons (Fsp3) is 0.150. The molecule has 0 spiro atoms. The summed E-state index contributed by atoms with van der Waals surface area (Å²) < 4.78 is 8.84. The van der Waals surface area contributed by atoms with Gasteiger partial charge in [-0.15, -0.1) is 0 Å². The Hall–Kier alpha value is -2.59. The van der Waals surface area contributed by atoms with Crippen molar-refractivity contribution in [3.05, 3.63) is 76.4 Å². The molecule has 0 unspecified atom stereocenters. The van der Waals surface area contributed by atoms with E-state index in [1.54, 1.807) is 0 Å². The van der Waals surface area contributed by atoms with Gasteiger partial charge in [0, 0.05) is 11.9 Å². The molecule has 0 fully saturated rings.